The molecule has 2 rings (SSSR count). The van der Waals surface area contributed by atoms with Crippen LogP contribution in [0.4, 0.5) is 5.69 Å². The minimum atomic E-state index is -0.244. The first-order valence-corrected chi connectivity index (χ1v) is 8.21. The maximum atomic E-state index is 12.5. The molecule has 0 radical (unpaired) electrons. The molecule has 0 saturated carbocycles. The molecule has 0 spiro atoms. The van der Waals surface area contributed by atoms with E-state index in [9.17, 15) is 9.59 Å². The van der Waals surface area contributed by atoms with Crippen molar-refractivity contribution in [2.24, 2.45) is 0 Å². The number of carbonyl (C=O) groups excluding carboxylic acids is 2. The van der Waals surface area contributed by atoms with Gasteiger partial charge in [0.05, 0.1) is 11.3 Å². The molecule has 2 aromatic carbocycles. The van der Waals surface area contributed by atoms with E-state index in [4.69, 9.17) is 0 Å². The SMILES string of the molecule is CC(=O)c1ccc(C(C)(C)C)cc1NC(=O)c1ccccc1Br. The van der Waals surface area contributed by atoms with Crippen LogP contribution in [0, 0.1) is 0 Å². The number of halogens is 1. The third-order valence-corrected chi connectivity index (χ3v) is 4.32. The van der Waals surface area contributed by atoms with E-state index in [1.54, 1.807) is 18.2 Å². The molecule has 0 atom stereocenters. The molecule has 3 nitrogen and oxygen atoms in total. The minimum Gasteiger partial charge on any atom is -0.321 e. The van der Waals surface area contributed by atoms with Gasteiger partial charge in [-0.25, -0.2) is 0 Å². The normalized spacial score (nSPS) is 11.2. The van der Waals surface area contributed by atoms with Crippen molar-refractivity contribution in [1.82, 2.24) is 0 Å². The van der Waals surface area contributed by atoms with Crippen molar-refractivity contribution < 1.29 is 9.59 Å². The number of ketones is 1. The summed E-state index contributed by atoms with van der Waals surface area (Å²) in [4.78, 5) is 24.4. The highest BCUT2D eigenvalue weighted by Gasteiger charge is 2.19. The first-order chi connectivity index (χ1) is 10.7. The molecule has 4 heteroatoms. The van der Waals surface area contributed by atoms with E-state index in [2.05, 4.69) is 42.0 Å². The van der Waals surface area contributed by atoms with Gasteiger partial charge in [-0.05, 0) is 58.1 Å². The number of hydrogen-bond acceptors (Lipinski definition) is 2. The Morgan fingerprint density at radius 2 is 1.65 bits per heavy atom. The minimum absolute atomic E-state index is 0.0673. The van der Waals surface area contributed by atoms with Crippen LogP contribution in [0.5, 0.6) is 0 Å². The third-order valence-electron chi connectivity index (χ3n) is 3.63. The second kappa shape index (κ2) is 6.67. The predicted octanol–water partition coefficient (Wildman–Crippen LogP) is 5.20. The van der Waals surface area contributed by atoms with Crippen LogP contribution in [-0.4, -0.2) is 11.7 Å². The number of hydrogen-bond donors (Lipinski definition) is 1. The third kappa shape index (κ3) is 4.08. The van der Waals surface area contributed by atoms with Gasteiger partial charge in [-0.2, -0.15) is 0 Å². The van der Waals surface area contributed by atoms with Crippen LogP contribution in [0.25, 0.3) is 0 Å². The molecular formula is C19H20BrNO2. The second-order valence-corrected chi connectivity index (χ2v) is 7.35. The summed E-state index contributed by atoms with van der Waals surface area (Å²) < 4.78 is 0.717. The largest absolute Gasteiger partial charge is 0.321 e. The van der Waals surface area contributed by atoms with Crippen molar-refractivity contribution in [3.63, 3.8) is 0 Å². The van der Waals surface area contributed by atoms with Gasteiger partial charge in [0.1, 0.15) is 0 Å². The molecule has 0 aliphatic heterocycles. The van der Waals surface area contributed by atoms with Crippen LogP contribution in [0.15, 0.2) is 46.9 Å². The molecule has 23 heavy (non-hydrogen) atoms. The van der Waals surface area contributed by atoms with Crippen LogP contribution >= 0.6 is 15.9 Å². The first kappa shape index (κ1) is 17.4. The molecule has 0 aromatic heterocycles. The average molecular weight is 374 g/mol. The number of amides is 1. The van der Waals surface area contributed by atoms with Crippen molar-refractivity contribution in [3.05, 3.63) is 63.6 Å². The van der Waals surface area contributed by atoms with E-state index in [0.29, 0.717) is 21.3 Å². The Morgan fingerprint density at radius 3 is 2.22 bits per heavy atom. The second-order valence-electron chi connectivity index (χ2n) is 6.50. The first-order valence-electron chi connectivity index (χ1n) is 7.41. The molecule has 1 N–H and O–H groups in total. The predicted molar refractivity (Wildman–Crippen MR) is 97.2 cm³/mol. The molecule has 2 aromatic rings. The Hall–Kier alpha value is -1.94. The van der Waals surface area contributed by atoms with Crippen LogP contribution in [0.3, 0.4) is 0 Å². The number of Topliss-reactive ketones (excluding diaryl/α,β-unsaturated/α-hetero) is 1. The van der Waals surface area contributed by atoms with E-state index < -0.39 is 0 Å². The van der Waals surface area contributed by atoms with Crippen molar-refractivity contribution in [1.29, 1.82) is 0 Å². The molecule has 0 bridgehead atoms. The standard InChI is InChI=1S/C19H20BrNO2/c1-12(22)14-10-9-13(19(2,3)4)11-17(14)21-18(23)15-7-5-6-8-16(15)20/h5-11H,1-4H3,(H,21,23). The number of anilines is 1. The fourth-order valence-electron chi connectivity index (χ4n) is 2.26. The van der Waals surface area contributed by atoms with E-state index in [1.165, 1.54) is 6.92 Å². The summed E-state index contributed by atoms with van der Waals surface area (Å²) in [7, 11) is 0. The highest BCUT2D eigenvalue weighted by molar-refractivity contribution is 9.10. The van der Waals surface area contributed by atoms with Crippen LogP contribution < -0.4 is 5.32 Å². The van der Waals surface area contributed by atoms with Gasteiger partial charge in [-0.15, -0.1) is 0 Å². The summed E-state index contributed by atoms with van der Waals surface area (Å²) in [6, 6.07) is 12.8. The summed E-state index contributed by atoms with van der Waals surface area (Å²) >= 11 is 3.38. The van der Waals surface area contributed by atoms with Gasteiger partial charge >= 0.3 is 0 Å². The van der Waals surface area contributed by atoms with Crippen molar-refractivity contribution in [3.8, 4) is 0 Å². The van der Waals surface area contributed by atoms with Gasteiger partial charge in [-0.3, -0.25) is 9.59 Å². The maximum absolute atomic E-state index is 12.5. The quantitative estimate of drug-likeness (QED) is 0.751. The van der Waals surface area contributed by atoms with Crippen LogP contribution in [0.1, 0.15) is 54.0 Å². The summed E-state index contributed by atoms with van der Waals surface area (Å²) in [6.07, 6.45) is 0. The Balaban J connectivity index is 2.43. The topological polar surface area (TPSA) is 46.2 Å². The summed E-state index contributed by atoms with van der Waals surface area (Å²) in [5.74, 6) is -0.320. The Morgan fingerprint density at radius 1 is 1.00 bits per heavy atom. The molecule has 120 valence electrons. The lowest BCUT2D eigenvalue weighted by molar-refractivity contribution is 0.101. The van der Waals surface area contributed by atoms with E-state index >= 15 is 0 Å². The highest BCUT2D eigenvalue weighted by atomic mass is 79.9. The lowest BCUT2D eigenvalue weighted by Gasteiger charge is -2.21. The van der Waals surface area contributed by atoms with Crippen molar-refractivity contribution in [2.75, 3.05) is 5.32 Å². The Bertz CT molecular complexity index is 760. The lowest BCUT2D eigenvalue weighted by atomic mass is 9.86. The summed E-state index contributed by atoms with van der Waals surface area (Å²) in [6.45, 7) is 7.78. The van der Waals surface area contributed by atoms with Crippen molar-refractivity contribution >= 4 is 33.3 Å². The molecular weight excluding hydrogens is 354 g/mol. The molecule has 1 amide bonds. The zero-order valence-corrected chi connectivity index (χ0v) is 15.3. The van der Waals surface area contributed by atoms with E-state index in [1.807, 2.05) is 24.3 Å². The van der Waals surface area contributed by atoms with Crippen LogP contribution in [-0.2, 0) is 5.41 Å². The zero-order valence-electron chi connectivity index (χ0n) is 13.7. The summed E-state index contributed by atoms with van der Waals surface area (Å²) in [5.41, 5.74) is 2.58. The monoisotopic (exact) mass is 373 g/mol. The van der Waals surface area contributed by atoms with Gasteiger partial charge in [0, 0.05) is 10.0 Å². The lowest BCUT2D eigenvalue weighted by Crippen LogP contribution is -2.17. The number of nitrogens with one attached hydrogen (secondary N) is 1. The molecule has 0 heterocycles. The molecule has 0 aliphatic carbocycles. The molecule has 0 aliphatic rings. The molecule has 0 unspecified atom stereocenters. The number of carbonyl (C=O) groups is 2. The van der Waals surface area contributed by atoms with Gasteiger partial charge in [0.15, 0.2) is 5.78 Å². The van der Waals surface area contributed by atoms with E-state index in [-0.39, 0.29) is 17.1 Å². The summed E-state index contributed by atoms with van der Waals surface area (Å²) in [5, 5.41) is 2.87. The van der Waals surface area contributed by atoms with Gasteiger partial charge in [0.25, 0.3) is 5.91 Å². The fourth-order valence-corrected chi connectivity index (χ4v) is 2.72. The average Bonchev–Trinajstić information content (AvgIpc) is 2.46. The van der Waals surface area contributed by atoms with E-state index in [0.717, 1.165) is 5.56 Å². The van der Waals surface area contributed by atoms with Gasteiger partial charge in [0.2, 0.25) is 0 Å². The smallest absolute Gasteiger partial charge is 0.256 e. The molecule has 0 fully saturated rings. The molecule has 0 saturated heterocycles. The number of benzene rings is 2. The zero-order chi connectivity index (χ0) is 17.2. The maximum Gasteiger partial charge on any atom is 0.256 e. The van der Waals surface area contributed by atoms with Gasteiger partial charge in [-0.1, -0.05) is 39.0 Å². The Labute approximate surface area is 145 Å². The number of rotatable bonds is 3. The highest BCUT2D eigenvalue weighted by Crippen LogP contribution is 2.28. The van der Waals surface area contributed by atoms with Gasteiger partial charge < -0.3 is 5.32 Å². The van der Waals surface area contributed by atoms with Crippen LogP contribution in [0.2, 0.25) is 0 Å². The Kier molecular flexibility index (Phi) is 5.05. The fraction of sp³-hybridized carbons (Fsp3) is 0.263. The van der Waals surface area contributed by atoms with Crippen molar-refractivity contribution in [2.45, 2.75) is 33.1 Å².